The number of pyridine rings is 1. The van der Waals surface area contributed by atoms with Crippen LogP contribution < -0.4 is 5.32 Å². The lowest BCUT2D eigenvalue weighted by Gasteiger charge is -2.25. The number of nitrogens with one attached hydrogen (secondary N) is 1. The maximum absolute atomic E-state index is 12.5. The molecule has 2 heterocycles. The summed E-state index contributed by atoms with van der Waals surface area (Å²) < 4.78 is 2.20. The lowest BCUT2D eigenvalue weighted by molar-refractivity contribution is -0.113. The van der Waals surface area contributed by atoms with Gasteiger partial charge in [0.15, 0.2) is 11.0 Å². The number of rotatable bonds is 6. The zero-order valence-corrected chi connectivity index (χ0v) is 18.6. The number of anilines is 1. The molecule has 0 aliphatic heterocycles. The third-order valence-corrected chi connectivity index (χ3v) is 6.40. The molecule has 30 heavy (non-hydrogen) atoms. The molecular formula is C21H21Cl2N5OS. The van der Waals surface area contributed by atoms with Gasteiger partial charge in [-0.3, -0.25) is 14.3 Å². The predicted octanol–water partition coefficient (Wildman–Crippen LogP) is 5.88. The molecule has 1 amide bonds. The Bertz CT molecular complexity index is 1000. The molecule has 0 radical (unpaired) electrons. The number of hydrogen-bond donors (Lipinski definition) is 1. The van der Waals surface area contributed by atoms with Crippen molar-refractivity contribution in [2.45, 2.75) is 43.3 Å². The molecule has 0 unspecified atom stereocenters. The summed E-state index contributed by atoms with van der Waals surface area (Å²) in [6.45, 7) is 0. The Labute approximate surface area is 189 Å². The zero-order valence-electron chi connectivity index (χ0n) is 16.2. The molecule has 9 heteroatoms. The summed E-state index contributed by atoms with van der Waals surface area (Å²) in [5.41, 5.74) is 1.55. The first-order valence-electron chi connectivity index (χ1n) is 9.84. The second-order valence-corrected chi connectivity index (χ2v) is 9.01. The highest BCUT2D eigenvalue weighted by atomic mass is 35.5. The minimum absolute atomic E-state index is 0.151. The molecule has 1 aliphatic rings. The molecule has 3 aromatic rings. The number of aromatic nitrogens is 4. The molecule has 2 aromatic heterocycles. The van der Waals surface area contributed by atoms with Crippen molar-refractivity contribution in [1.82, 2.24) is 19.7 Å². The number of carbonyl (C=O) groups excluding carboxylic acids is 1. The standard InChI is InChI=1S/C21H21Cl2N5OS/c22-15-10-16(23)12-17(11-15)25-19(29)13-30-21-27-26-20(14-6-8-24-9-7-14)28(21)18-4-2-1-3-5-18/h6-12,18H,1-5,13H2,(H,25,29). The van der Waals surface area contributed by atoms with Gasteiger partial charge in [0.25, 0.3) is 0 Å². The van der Waals surface area contributed by atoms with E-state index < -0.39 is 0 Å². The Morgan fingerprint density at radius 3 is 2.47 bits per heavy atom. The fraction of sp³-hybridized carbons (Fsp3) is 0.333. The summed E-state index contributed by atoms with van der Waals surface area (Å²) in [6, 6.07) is 9.18. The molecule has 1 aliphatic carbocycles. The third kappa shape index (κ3) is 5.14. The smallest absolute Gasteiger partial charge is 0.234 e. The highest BCUT2D eigenvalue weighted by Gasteiger charge is 2.24. The average Bonchev–Trinajstić information content (AvgIpc) is 3.17. The fourth-order valence-corrected chi connectivity index (χ4v) is 5.03. The number of carbonyl (C=O) groups is 1. The van der Waals surface area contributed by atoms with Gasteiger partial charge in [-0.05, 0) is 43.2 Å². The first-order valence-corrected chi connectivity index (χ1v) is 11.6. The maximum Gasteiger partial charge on any atom is 0.234 e. The van der Waals surface area contributed by atoms with E-state index in [4.69, 9.17) is 23.2 Å². The van der Waals surface area contributed by atoms with Crippen LogP contribution in [-0.2, 0) is 4.79 Å². The largest absolute Gasteiger partial charge is 0.325 e. The van der Waals surface area contributed by atoms with Gasteiger partial charge in [-0.1, -0.05) is 54.2 Å². The van der Waals surface area contributed by atoms with Gasteiger partial charge in [-0.25, -0.2) is 0 Å². The summed E-state index contributed by atoms with van der Waals surface area (Å²) in [5, 5.41) is 13.4. The van der Waals surface area contributed by atoms with Gasteiger partial charge in [-0.2, -0.15) is 0 Å². The molecular weight excluding hydrogens is 441 g/mol. The molecule has 1 fully saturated rings. The van der Waals surface area contributed by atoms with Crippen molar-refractivity contribution in [3.8, 4) is 11.4 Å². The van der Waals surface area contributed by atoms with E-state index >= 15 is 0 Å². The summed E-state index contributed by atoms with van der Waals surface area (Å²) in [6.07, 6.45) is 9.35. The molecule has 156 valence electrons. The Hall–Kier alpha value is -2.09. The first kappa shape index (κ1) is 21.2. The van der Waals surface area contributed by atoms with Gasteiger partial charge in [0.2, 0.25) is 5.91 Å². The number of nitrogens with zero attached hydrogens (tertiary/aromatic N) is 4. The minimum Gasteiger partial charge on any atom is -0.325 e. The molecule has 1 aromatic carbocycles. The van der Waals surface area contributed by atoms with Crippen molar-refractivity contribution in [2.24, 2.45) is 0 Å². The van der Waals surface area contributed by atoms with E-state index in [2.05, 4.69) is 25.1 Å². The van der Waals surface area contributed by atoms with E-state index in [9.17, 15) is 4.79 Å². The zero-order chi connectivity index (χ0) is 20.9. The SMILES string of the molecule is O=C(CSc1nnc(-c2ccncc2)n1C1CCCCC1)Nc1cc(Cl)cc(Cl)c1. The summed E-state index contributed by atoms with van der Waals surface area (Å²) in [7, 11) is 0. The van der Waals surface area contributed by atoms with E-state index in [1.54, 1.807) is 30.6 Å². The van der Waals surface area contributed by atoms with Crippen LogP contribution >= 0.6 is 35.0 Å². The number of benzene rings is 1. The predicted molar refractivity (Wildman–Crippen MR) is 121 cm³/mol. The lowest BCUT2D eigenvalue weighted by atomic mass is 9.95. The third-order valence-electron chi connectivity index (χ3n) is 5.02. The highest BCUT2D eigenvalue weighted by molar-refractivity contribution is 7.99. The minimum atomic E-state index is -0.151. The number of thioether (sulfide) groups is 1. The van der Waals surface area contributed by atoms with Crippen LogP contribution in [-0.4, -0.2) is 31.4 Å². The summed E-state index contributed by atoms with van der Waals surface area (Å²) in [4.78, 5) is 16.6. The Kier molecular flexibility index (Phi) is 6.92. The van der Waals surface area contributed by atoms with Gasteiger partial charge < -0.3 is 5.32 Å². The van der Waals surface area contributed by atoms with E-state index in [0.29, 0.717) is 21.8 Å². The van der Waals surface area contributed by atoms with Crippen molar-refractivity contribution in [3.63, 3.8) is 0 Å². The topological polar surface area (TPSA) is 72.7 Å². The lowest BCUT2D eigenvalue weighted by Crippen LogP contribution is -2.17. The van der Waals surface area contributed by atoms with Crippen LogP contribution in [0.15, 0.2) is 47.9 Å². The van der Waals surface area contributed by atoms with E-state index in [1.165, 1.54) is 31.0 Å². The van der Waals surface area contributed by atoms with Gasteiger partial charge in [0.05, 0.1) is 5.75 Å². The van der Waals surface area contributed by atoms with Gasteiger partial charge in [-0.15, -0.1) is 10.2 Å². The highest BCUT2D eigenvalue weighted by Crippen LogP contribution is 2.35. The van der Waals surface area contributed by atoms with Crippen LogP contribution in [0.4, 0.5) is 5.69 Å². The molecule has 4 rings (SSSR count). The maximum atomic E-state index is 12.5. The monoisotopic (exact) mass is 461 g/mol. The van der Waals surface area contributed by atoms with Crippen molar-refractivity contribution in [2.75, 3.05) is 11.1 Å². The molecule has 1 saturated carbocycles. The molecule has 1 N–H and O–H groups in total. The second-order valence-electron chi connectivity index (χ2n) is 7.20. The van der Waals surface area contributed by atoms with Crippen molar-refractivity contribution < 1.29 is 4.79 Å². The van der Waals surface area contributed by atoms with Crippen molar-refractivity contribution >= 4 is 46.6 Å². The van der Waals surface area contributed by atoms with Crippen molar-refractivity contribution in [3.05, 3.63) is 52.8 Å². The van der Waals surface area contributed by atoms with Crippen molar-refractivity contribution in [1.29, 1.82) is 0 Å². The molecule has 0 spiro atoms. The van der Waals surface area contributed by atoms with Crippen LogP contribution in [0.3, 0.4) is 0 Å². The van der Waals surface area contributed by atoms with Crippen LogP contribution in [0.1, 0.15) is 38.1 Å². The fourth-order valence-electron chi connectivity index (χ4n) is 3.69. The van der Waals surface area contributed by atoms with Gasteiger partial charge in [0.1, 0.15) is 0 Å². The normalized spacial score (nSPS) is 14.6. The molecule has 0 bridgehead atoms. The Morgan fingerprint density at radius 2 is 1.77 bits per heavy atom. The van der Waals surface area contributed by atoms with E-state index in [0.717, 1.165) is 29.4 Å². The second kappa shape index (κ2) is 9.81. The van der Waals surface area contributed by atoms with E-state index in [1.807, 2.05) is 12.1 Å². The van der Waals surface area contributed by atoms with Crippen LogP contribution in [0.5, 0.6) is 0 Å². The van der Waals surface area contributed by atoms with E-state index in [-0.39, 0.29) is 11.7 Å². The Balaban J connectivity index is 1.52. The number of amides is 1. The van der Waals surface area contributed by atoms with Crippen LogP contribution in [0.2, 0.25) is 10.0 Å². The molecule has 0 saturated heterocycles. The van der Waals surface area contributed by atoms with Gasteiger partial charge in [0, 0.05) is 39.7 Å². The van der Waals surface area contributed by atoms with Gasteiger partial charge >= 0.3 is 0 Å². The summed E-state index contributed by atoms with van der Waals surface area (Å²) in [5.74, 6) is 0.890. The summed E-state index contributed by atoms with van der Waals surface area (Å²) >= 11 is 13.4. The number of hydrogen-bond acceptors (Lipinski definition) is 5. The van der Waals surface area contributed by atoms with Crippen LogP contribution in [0, 0.1) is 0 Å². The average molecular weight is 462 g/mol. The molecule has 0 atom stereocenters. The number of halogens is 2. The molecule has 6 nitrogen and oxygen atoms in total. The first-order chi connectivity index (χ1) is 14.6. The Morgan fingerprint density at radius 1 is 1.07 bits per heavy atom. The quantitative estimate of drug-likeness (QED) is 0.463. The van der Waals surface area contributed by atoms with Crippen LogP contribution in [0.25, 0.3) is 11.4 Å².